The summed E-state index contributed by atoms with van der Waals surface area (Å²) in [6.45, 7) is 1.81. The van der Waals surface area contributed by atoms with Crippen molar-refractivity contribution >= 4 is 23.6 Å². The number of aromatic carboxylic acids is 1. The van der Waals surface area contributed by atoms with Gasteiger partial charge >= 0.3 is 0 Å². The number of carbonyl (C=O) groups is 2. The van der Waals surface area contributed by atoms with Gasteiger partial charge in [0.2, 0.25) is 0 Å². The van der Waals surface area contributed by atoms with E-state index in [1.165, 1.54) is 25.3 Å². The molecule has 0 radical (unpaired) electrons. The quantitative estimate of drug-likeness (QED) is 0.501. The van der Waals surface area contributed by atoms with E-state index in [9.17, 15) is 20.0 Å². The van der Waals surface area contributed by atoms with Crippen molar-refractivity contribution in [3.8, 4) is 23.1 Å². The van der Waals surface area contributed by atoms with Gasteiger partial charge < -0.3 is 24.4 Å². The number of amides is 1. The number of nitriles is 1. The van der Waals surface area contributed by atoms with Gasteiger partial charge in [-0.15, -0.1) is 0 Å². The highest BCUT2D eigenvalue weighted by Gasteiger charge is 2.13. The third-order valence-corrected chi connectivity index (χ3v) is 4.37. The van der Waals surface area contributed by atoms with Crippen LogP contribution >= 0.6 is 0 Å². The number of carbonyl (C=O) groups excluding carboxylic acids is 2. The first kappa shape index (κ1) is 20.4. The van der Waals surface area contributed by atoms with Gasteiger partial charge in [0, 0.05) is 17.3 Å². The molecule has 1 heterocycles. The number of carboxylic acid groups (broad SMARTS) is 1. The molecule has 3 rings (SSSR count). The van der Waals surface area contributed by atoms with Crippen LogP contribution in [0.1, 0.15) is 21.7 Å². The number of anilines is 1. The number of carboxylic acids is 1. The maximum Gasteiger partial charge on any atom is 0.266 e. The van der Waals surface area contributed by atoms with Crippen molar-refractivity contribution < 1.29 is 23.8 Å². The van der Waals surface area contributed by atoms with Gasteiger partial charge in [-0.05, 0) is 60.5 Å². The van der Waals surface area contributed by atoms with Crippen LogP contribution in [0, 0.1) is 18.3 Å². The molecule has 1 amide bonds. The van der Waals surface area contributed by atoms with Crippen molar-refractivity contribution in [1.29, 1.82) is 5.26 Å². The highest BCUT2D eigenvalue weighted by molar-refractivity contribution is 6.09. The van der Waals surface area contributed by atoms with E-state index in [2.05, 4.69) is 5.32 Å². The number of nitrogens with zero attached hydrogens (tertiary/aromatic N) is 1. The minimum absolute atomic E-state index is 0.0284. The Balaban J connectivity index is 1.83. The molecule has 0 saturated heterocycles. The second kappa shape index (κ2) is 8.80. The first-order valence-electron chi connectivity index (χ1n) is 8.90. The number of hydrogen-bond acceptors (Lipinski definition) is 6. The molecule has 2 aromatic carbocycles. The van der Waals surface area contributed by atoms with E-state index >= 15 is 0 Å². The Kier molecular flexibility index (Phi) is 5.99. The Morgan fingerprint density at radius 3 is 2.50 bits per heavy atom. The van der Waals surface area contributed by atoms with Crippen LogP contribution in [0.4, 0.5) is 5.69 Å². The van der Waals surface area contributed by atoms with E-state index in [1.807, 2.05) is 13.0 Å². The summed E-state index contributed by atoms with van der Waals surface area (Å²) < 4.78 is 10.8. The lowest BCUT2D eigenvalue weighted by atomic mass is 10.0. The van der Waals surface area contributed by atoms with Gasteiger partial charge in [0.25, 0.3) is 5.91 Å². The minimum atomic E-state index is -1.29. The normalized spacial score (nSPS) is 10.9. The first-order valence-corrected chi connectivity index (χ1v) is 8.90. The Morgan fingerprint density at radius 1 is 1.13 bits per heavy atom. The molecule has 30 heavy (non-hydrogen) atoms. The molecule has 150 valence electrons. The topological polar surface area (TPSA) is 115 Å². The van der Waals surface area contributed by atoms with Crippen LogP contribution in [-0.2, 0) is 4.79 Å². The summed E-state index contributed by atoms with van der Waals surface area (Å²) in [7, 11) is 1.54. The van der Waals surface area contributed by atoms with Gasteiger partial charge in [-0.1, -0.05) is 12.1 Å². The van der Waals surface area contributed by atoms with E-state index < -0.39 is 11.9 Å². The van der Waals surface area contributed by atoms with E-state index in [-0.39, 0.29) is 16.9 Å². The zero-order chi connectivity index (χ0) is 21.7. The molecule has 0 spiro atoms. The van der Waals surface area contributed by atoms with Gasteiger partial charge in [0.1, 0.15) is 28.9 Å². The fraction of sp³-hybridized carbons (Fsp3) is 0.0870. The van der Waals surface area contributed by atoms with Crippen molar-refractivity contribution in [3.63, 3.8) is 0 Å². The average molecular weight is 401 g/mol. The molecule has 0 unspecified atom stereocenters. The molecule has 7 nitrogen and oxygen atoms in total. The van der Waals surface area contributed by atoms with Crippen molar-refractivity contribution in [2.75, 3.05) is 12.4 Å². The van der Waals surface area contributed by atoms with Gasteiger partial charge in [-0.3, -0.25) is 4.79 Å². The summed E-state index contributed by atoms with van der Waals surface area (Å²) in [5.74, 6) is -0.537. The van der Waals surface area contributed by atoms with Crippen LogP contribution in [0.15, 0.2) is 64.6 Å². The number of nitrogens with one attached hydrogen (secondary N) is 1. The fourth-order valence-corrected chi connectivity index (χ4v) is 2.75. The Hall–Kier alpha value is -4.31. The molecule has 0 fully saturated rings. The number of methoxy groups -OCH3 is 1. The number of aryl methyl sites for hydroxylation is 1. The van der Waals surface area contributed by atoms with E-state index in [1.54, 1.807) is 42.5 Å². The molecule has 3 aromatic rings. The van der Waals surface area contributed by atoms with Crippen LogP contribution in [0.25, 0.3) is 17.4 Å². The second-order valence-electron chi connectivity index (χ2n) is 6.37. The van der Waals surface area contributed by atoms with Gasteiger partial charge in [-0.2, -0.15) is 5.26 Å². The summed E-state index contributed by atoms with van der Waals surface area (Å²) in [5, 5.41) is 23.1. The maximum absolute atomic E-state index is 12.4. The second-order valence-corrected chi connectivity index (χ2v) is 6.37. The third-order valence-electron chi connectivity index (χ3n) is 4.37. The molecule has 0 aliphatic carbocycles. The van der Waals surface area contributed by atoms with Gasteiger partial charge in [-0.25, -0.2) is 0 Å². The maximum atomic E-state index is 12.4. The minimum Gasteiger partial charge on any atom is -0.545 e. The van der Waals surface area contributed by atoms with Crippen LogP contribution in [0.5, 0.6) is 5.75 Å². The lowest BCUT2D eigenvalue weighted by molar-refractivity contribution is -0.255. The molecule has 0 atom stereocenters. The summed E-state index contributed by atoms with van der Waals surface area (Å²) >= 11 is 0. The predicted molar refractivity (Wildman–Crippen MR) is 108 cm³/mol. The number of benzene rings is 2. The van der Waals surface area contributed by atoms with Crippen LogP contribution in [0.3, 0.4) is 0 Å². The standard InChI is InChI=1S/C23H18N2O5/c1-14-3-4-15(23(27)28)12-20(14)21-10-9-19(30-21)11-16(13-24)22(26)25-17-5-7-18(29-2)8-6-17/h3-12H,1-2H3,(H,25,26)(H,27,28)/p-1/b16-11+. The van der Waals surface area contributed by atoms with E-state index in [0.717, 1.165) is 5.56 Å². The lowest BCUT2D eigenvalue weighted by Gasteiger charge is -2.07. The summed E-state index contributed by atoms with van der Waals surface area (Å²) in [6.07, 6.45) is 1.32. The lowest BCUT2D eigenvalue weighted by Crippen LogP contribution is -2.22. The smallest absolute Gasteiger partial charge is 0.266 e. The number of rotatable bonds is 6. The Labute approximate surface area is 172 Å². The molecule has 0 aliphatic rings. The number of furan rings is 1. The van der Waals surface area contributed by atoms with Crippen molar-refractivity contribution in [2.24, 2.45) is 0 Å². The molecule has 1 aromatic heterocycles. The highest BCUT2D eigenvalue weighted by atomic mass is 16.5. The zero-order valence-corrected chi connectivity index (χ0v) is 16.3. The molecular weight excluding hydrogens is 384 g/mol. The largest absolute Gasteiger partial charge is 0.545 e. The van der Waals surface area contributed by atoms with E-state index in [4.69, 9.17) is 9.15 Å². The van der Waals surface area contributed by atoms with Crippen LogP contribution < -0.4 is 15.2 Å². The molecular formula is C23H17N2O5-. The fourth-order valence-electron chi connectivity index (χ4n) is 2.75. The molecule has 0 saturated carbocycles. The summed E-state index contributed by atoms with van der Waals surface area (Å²) in [5.41, 5.74) is 1.78. The van der Waals surface area contributed by atoms with Crippen molar-refractivity contribution in [1.82, 2.24) is 0 Å². The summed E-state index contributed by atoms with van der Waals surface area (Å²) in [6, 6.07) is 16.3. The van der Waals surface area contributed by atoms with Crippen LogP contribution in [-0.4, -0.2) is 19.0 Å². The van der Waals surface area contributed by atoms with Crippen molar-refractivity contribution in [2.45, 2.75) is 6.92 Å². The SMILES string of the molecule is COc1ccc(NC(=O)/C(C#N)=C/c2ccc(-c3cc(C(=O)[O-])ccc3C)o2)cc1. The zero-order valence-electron chi connectivity index (χ0n) is 16.3. The van der Waals surface area contributed by atoms with Crippen molar-refractivity contribution in [3.05, 3.63) is 77.1 Å². The summed E-state index contributed by atoms with van der Waals surface area (Å²) in [4.78, 5) is 23.5. The number of ether oxygens (including phenoxy) is 1. The first-order chi connectivity index (χ1) is 14.4. The average Bonchev–Trinajstić information content (AvgIpc) is 3.21. The molecule has 0 aliphatic heterocycles. The molecule has 0 bridgehead atoms. The molecule has 1 N–H and O–H groups in total. The van der Waals surface area contributed by atoms with Gasteiger partial charge in [0.15, 0.2) is 0 Å². The third kappa shape index (κ3) is 4.56. The molecule has 7 heteroatoms. The highest BCUT2D eigenvalue weighted by Crippen LogP contribution is 2.27. The predicted octanol–water partition coefficient (Wildman–Crippen LogP) is 3.17. The Morgan fingerprint density at radius 2 is 1.87 bits per heavy atom. The Bertz CT molecular complexity index is 1170. The van der Waals surface area contributed by atoms with Crippen LogP contribution in [0.2, 0.25) is 0 Å². The van der Waals surface area contributed by atoms with Gasteiger partial charge in [0.05, 0.1) is 13.1 Å². The monoisotopic (exact) mass is 401 g/mol. The van der Waals surface area contributed by atoms with E-state index in [0.29, 0.717) is 22.8 Å². The number of hydrogen-bond donors (Lipinski definition) is 1.